The summed E-state index contributed by atoms with van der Waals surface area (Å²) in [6, 6.07) is 1.52. The molecule has 2 atom stereocenters. The third kappa shape index (κ3) is 3.00. The van der Waals surface area contributed by atoms with Gasteiger partial charge in [0.25, 0.3) is 0 Å². The Hall–Kier alpha value is -1.85. The van der Waals surface area contributed by atoms with E-state index >= 15 is 0 Å². The average Bonchev–Trinajstić information content (AvgIpc) is 2.42. The Bertz CT molecular complexity index is 480. The molecule has 20 heavy (non-hydrogen) atoms. The number of carbonyl (C=O) groups is 1. The van der Waals surface area contributed by atoms with Crippen LogP contribution in [-0.4, -0.2) is 33.7 Å². The van der Waals surface area contributed by atoms with E-state index in [0.717, 1.165) is 19.3 Å². The van der Waals surface area contributed by atoms with E-state index in [1.54, 1.807) is 19.2 Å². The second-order valence-corrected chi connectivity index (χ2v) is 5.32. The van der Waals surface area contributed by atoms with Gasteiger partial charge in [0.15, 0.2) is 0 Å². The fourth-order valence-corrected chi connectivity index (χ4v) is 2.62. The lowest BCUT2D eigenvalue weighted by molar-refractivity contribution is -0.150. The molecule has 0 aliphatic heterocycles. The highest BCUT2D eigenvalue weighted by atomic mass is 16.5. The van der Waals surface area contributed by atoms with Crippen molar-refractivity contribution >= 4 is 11.9 Å². The predicted octanol–water partition coefficient (Wildman–Crippen LogP) is 2.32. The highest BCUT2D eigenvalue weighted by molar-refractivity contribution is 5.76. The van der Waals surface area contributed by atoms with Crippen molar-refractivity contribution in [3.05, 3.63) is 12.3 Å². The van der Waals surface area contributed by atoms with Crippen LogP contribution in [-0.2, 0) is 4.79 Å². The molecular formula is C14H21N3O3. The molecule has 110 valence electrons. The smallest absolute Gasteiger partial charge is 0.311 e. The largest absolute Gasteiger partial charge is 0.481 e. The number of anilines is 1. The van der Waals surface area contributed by atoms with Crippen LogP contribution in [0.4, 0.5) is 5.95 Å². The maximum absolute atomic E-state index is 11.5. The van der Waals surface area contributed by atoms with Crippen molar-refractivity contribution in [1.29, 1.82) is 0 Å². The normalized spacial score (nSPS) is 26.0. The van der Waals surface area contributed by atoms with Crippen molar-refractivity contribution in [2.24, 2.45) is 5.41 Å². The third-order valence-electron chi connectivity index (χ3n) is 3.92. The summed E-state index contributed by atoms with van der Waals surface area (Å²) < 4.78 is 5.33. The number of carboxylic acid groups (broad SMARTS) is 1. The SMILES string of the molecule is CCOc1ccnc(NC2CCCCC2(C)C(=O)O)n1. The molecule has 1 aromatic heterocycles. The van der Waals surface area contributed by atoms with E-state index in [1.807, 2.05) is 6.92 Å². The monoisotopic (exact) mass is 279 g/mol. The highest BCUT2D eigenvalue weighted by Crippen LogP contribution is 2.37. The molecule has 0 saturated heterocycles. The molecule has 1 aliphatic carbocycles. The van der Waals surface area contributed by atoms with Crippen LogP contribution in [0.1, 0.15) is 39.5 Å². The number of hydrogen-bond donors (Lipinski definition) is 2. The average molecular weight is 279 g/mol. The Morgan fingerprint density at radius 1 is 1.60 bits per heavy atom. The molecule has 1 heterocycles. The van der Waals surface area contributed by atoms with Gasteiger partial charge in [-0.15, -0.1) is 0 Å². The number of aliphatic carboxylic acids is 1. The van der Waals surface area contributed by atoms with Gasteiger partial charge in [0, 0.05) is 18.3 Å². The Balaban J connectivity index is 2.14. The number of carboxylic acids is 1. The lowest BCUT2D eigenvalue weighted by Gasteiger charge is -2.38. The summed E-state index contributed by atoms with van der Waals surface area (Å²) in [5.41, 5.74) is -0.775. The van der Waals surface area contributed by atoms with Gasteiger partial charge in [-0.3, -0.25) is 4.79 Å². The number of rotatable bonds is 5. The lowest BCUT2D eigenvalue weighted by Crippen LogP contribution is -2.46. The van der Waals surface area contributed by atoms with Crippen LogP contribution >= 0.6 is 0 Å². The standard InChI is InChI=1S/C14H21N3O3/c1-3-20-11-7-9-15-13(17-11)16-10-6-4-5-8-14(10,2)12(18)19/h7,9-10H,3-6,8H2,1-2H3,(H,18,19)(H,15,16,17). The number of nitrogens with one attached hydrogen (secondary N) is 1. The second kappa shape index (κ2) is 6.07. The Morgan fingerprint density at radius 2 is 2.40 bits per heavy atom. The number of aromatic nitrogens is 2. The maximum Gasteiger partial charge on any atom is 0.311 e. The van der Waals surface area contributed by atoms with Crippen LogP contribution in [0.15, 0.2) is 12.3 Å². The molecule has 0 spiro atoms. The first-order chi connectivity index (χ1) is 9.56. The molecule has 0 amide bonds. The van der Waals surface area contributed by atoms with Crippen molar-refractivity contribution in [1.82, 2.24) is 9.97 Å². The van der Waals surface area contributed by atoms with E-state index < -0.39 is 11.4 Å². The Morgan fingerprint density at radius 3 is 3.10 bits per heavy atom. The molecular weight excluding hydrogens is 258 g/mol. The molecule has 0 aromatic carbocycles. The quantitative estimate of drug-likeness (QED) is 0.860. The molecule has 1 aliphatic rings. The van der Waals surface area contributed by atoms with Gasteiger partial charge in [-0.2, -0.15) is 4.98 Å². The number of ether oxygens (including phenoxy) is 1. The van der Waals surface area contributed by atoms with Crippen molar-refractivity contribution in [3.8, 4) is 5.88 Å². The van der Waals surface area contributed by atoms with Gasteiger partial charge in [0.2, 0.25) is 11.8 Å². The van der Waals surface area contributed by atoms with Crippen LogP contribution in [0, 0.1) is 5.41 Å². The van der Waals surface area contributed by atoms with E-state index in [-0.39, 0.29) is 6.04 Å². The van der Waals surface area contributed by atoms with E-state index in [4.69, 9.17) is 4.74 Å². The summed E-state index contributed by atoms with van der Waals surface area (Å²) in [5.74, 6) is 0.156. The zero-order valence-corrected chi connectivity index (χ0v) is 11.9. The first kappa shape index (κ1) is 14.6. The summed E-state index contributed by atoms with van der Waals surface area (Å²) in [6.07, 6.45) is 5.06. The van der Waals surface area contributed by atoms with Crippen molar-refractivity contribution in [3.63, 3.8) is 0 Å². The molecule has 6 nitrogen and oxygen atoms in total. The molecule has 2 unspecified atom stereocenters. The molecule has 1 fully saturated rings. The van der Waals surface area contributed by atoms with Crippen LogP contribution < -0.4 is 10.1 Å². The minimum Gasteiger partial charge on any atom is -0.481 e. The predicted molar refractivity (Wildman–Crippen MR) is 74.8 cm³/mol. The molecule has 1 saturated carbocycles. The van der Waals surface area contributed by atoms with Crippen molar-refractivity contribution in [2.75, 3.05) is 11.9 Å². The van der Waals surface area contributed by atoms with Crippen LogP contribution in [0.25, 0.3) is 0 Å². The molecule has 2 rings (SSSR count). The van der Waals surface area contributed by atoms with E-state index in [0.29, 0.717) is 24.9 Å². The summed E-state index contributed by atoms with van der Waals surface area (Å²) in [7, 11) is 0. The lowest BCUT2D eigenvalue weighted by atomic mass is 9.72. The van der Waals surface area contributed by atoms with Crippen LogP contribution in [0.2, 0.25) is 0 Å². The fourth-order valence-electron chi connectivity index (χ4n) is 2.62. The van der Waals surface area contributed by atoms with Gasteiger partial charge >= 0.3 is 5.97 Å². The first-order valence-electron chi connectivity index (χ1n) is 7.02. The first-order valence-corrected chi connectivity index (χ1v) is 7.02. The molecule has 0 bridgehead atoms. The van der Waals surface area contributed by atoms with Gasteiger partial charge in [-0.25, -0.2) is 4.98 Å². The van der Waals surface area contributed by atoms with E-state index in [1.165, 1.54) is 0 Å². The molecule has 2 N–H and O–H groups in total. The van der Waals surface area contributed by atoms with Gasteiger partial charge in [0.05, 0.1) is 12.0 Å². The molecule has 0 radical (unpaired) electrons. The Labute approximate surface area is 118 Å². The van der Waals surface area contributed by atoms with Gasteiger partial charge < -0.3 is 15.2 Å². The van der Waals surface area contributed by atoms with E-state index in [9.17, 15) is 9.90 Å². The third-order valence-corrected chi connectivity index (χ3v) is 3.92. The van der Waals surface area contributed by atoms with Crippen molar-refractivity contribution < 1.29 is 14.6 Å². The Kier molecular flexibility index (Phi) is 4.42. The minimum absolute atomic E-state index is 0.161. The van der Waals surface area contributed by atoms with Gasteiger partial charge in [0.1, 0.15) is 0 Å². The molecule has 6 heteroatoms. The molecule has 1 aromatic rings. The zero-order chi connectivity index (χ0) is 14.6. The summed E-state index contributed by atoms with van der Waals surface area (Å²) in [5, 5.41) is 12.6. The summed E-state index contributed by atoms with van der Waals surface area (Å²) >= 11 is 0. The van der Waals surface area contributed by atoms with E-state index in [2.05, 4.69) is 15.3 Å². The number of hydrogen-bond acceptors (Lipinski definition) is 5. The highest BCUT2D eigenvalue weighted by Gasteiger charge is 2.43. The number of nitrogens with zero attached hydrogens (tertiary/aromatic N) is 2. The maximum atomic E-state index is 11.5. The van der Waals surface area contributed by atoms with Crippen LogP contribution in [0.5, 0.6) is 5.88 Å². The summed E-state index contributed by atoms with van der Waals surface area (Å²) in [6.45, 7) is 4.21. The topological polar surface area (TPSA) is 84.3 Å². The van der Waals surface area contributed by atoms with Gasteiger partial charge in [-0.05, 0) is 26.7 Å². The van der Waals surface area contributed by atoms with Crippen LogP contribution in [0.3, 0.4) is 0 Å². The zero-order valence-electron chi connectivity index (χ0n) is 11.9. The summed E-state index contributed by atoms with van der Waals surface area (Å²) in [4.78, 5) is 19.9. The van der Waals surface area contributed by atoms with Gasteiger partial charge in [-0.1, -0.05) is 12.8 Å². The second-order valence-electron chi connectivity index (χ2n) is 5.32. The fraction of sp³-hybridized carbons (Fsp3) is 0.643. The minimum atomic E-state index is -0.775. The van der Waals surface area contributed by atoms with Crippen molar-refractivity contribution in [2.45, 2.75) is 45.6 Å².